The second-order valence-corrected chi connectivity index (χ2v) is 4.86. The summed E-state index contributed by atoms with van der Waals surface area (Å²) in [6, 6.07) is 10.8. The summed E-state index contributed by atoms with van der Waals surface area (Å²) in [5.74, 6) is 0. The summed E-state index contributed by atoms with van der Waals surface area (Å²) in [7, 11) is 1.93. The van der Waals surface area contributed by atoms with Crippen LogP contribution in [-0.4, -0.2) is 15.8 Å². The first-order valence-corrected chi connectivity index (χ1v) is 6.51. The van der Waals surface area contributed by atoms with Crippen LogP contribution in [0.1, 0.15) is 24.0 Å². The third kappa shape index (κ3) is 4.00. The summed E-state index contributed by atoms with van der Waals surface area (Å²) in [5.41, 5.74) is 8.76. The minimum absolute atomic E-state index is 0.234. The smallest absolute Gasteiger partial charge is 0.0522 e. The molecule has 2 N–H and O–H groups in total. The van der Waals surface area contributed by atoms with Crippen molar-refractivity contribution in [3.05, 3.63) is 53.9 Å². The summed E-state index contributed by atoms with van der Waals surface area (Å²) < 4.78 is 1.83. The Morgan fingerprint density at radius 1 is 1.22 bits per heavy atom. The number of hydrogen-bond donors (Lipinski definition) is 1. The first kappa shape index (κ1) is 12.8. The second-order valence-electron chi connectivity index (χ2n) is 4.86. The Hall–Kier alpha value is -1.61. The molecule has 1 heterocycles. The Balaban J connectivity index is 1.70. The van der Waals surface area contributed by atoms with Gasteiger partial charge in [-0.15, -0.1) is 0 Å². The summed E-state index contributed by atoms with van der Waals surface area (Å²) >= 11 is 0. The van der Waals surface area contributed by atoms with Gasteiger partial charge in [-0.2, -0.15) is 5.10 Å². The minimum Gasteiger partial charge on any atom is -0.327 e. The normalized spacial score (nSPS) is 12.6. The average Bonchev–Trinajstić information content (AvgIpc) is 2.76. The summed E-state index contributed by atoms with van der Waals surface area (Å²) in [6.07, 6.45) is 8.17. The van der Waals surface area contributed by atoms with Crippen molar-refractivity contribution >= 4 is 0 Å². The zero-order valence-electron chi connectivity index (χ0n) is 10.9. The standard InChI is InChI=1S/C15H21N3/c1-18-12-14(11-17-18)10-15(16)9-5-8-13-6-3-2-4-7-13/h2-4,6-7,11-12,15H,5,8-10,16H2,1H3. The highest BCUT2D eigenvalue weighted by molar-refractivity contribution is 5.14. The number of aryl methyl sites for hydroxylation is 2. The SMILES string of the molecule is Cn1cc(CC(N)CCCc2ccccc2)cn1. The molecule has 96 valence electrons. The quantitative estimate of drug-likeness (QED) is 0.846. The Morgan fingerprint density at radius 2 is 2.00 bits per heavy atom. The number of benzene rings is 1. The van der Waals surface area contributed by atoms with Gasteiger partial charge >= 0.3 is 0 Å². The van der Waals surface area contributed by atoms with E-state index >= 15 is 0 Å². The molecule has 1 atom stereocenters. The van der Waals surface area contributed by atoms with E-state index in [2.05, 4.69) is 35.4 Å². The molecule has 1 aromatic carbocycles. The molecule has 1 aromatic heterocycles. The van der Waals surface area contributed by atoms with Crippen molar-refractivity contribution in [3.63, 3.8) is 0 Å². The monoisotopic (exact) mass is 243 g/mol. The molecule has 0 fully saturated rings. The first-order chi connectivity index (χ1) is 8.74. The van der Waals surface area contributed by atoms with Crippen molar-refractivity contribution in [2.45, 2.75) is 31.7 Å². The van der Waals surface area contributed by atoms with Crippen molar-refractivity contribution in [1.29, 1.82) is 0 Å². The van der Waals surface area contributed by atoms with E-state index in [1.54, 1.807) is 0 Å². The van der Waals surface area contributed by atoms with E-state index in [0.29, 0.717) is 0 Å². The van der Waals surface area contributed by atoms with Crippen molar-refractivity contribution in [2.24, 2.45) is 12.8 Å². The van der Waals surface area contributed by atoms with Crippen LogP contribution in [0.15, 0.2) is 42.7 Å². The van der Waals surface area contributed by atoms with Crippen molar-refractivity contribution in [3.8, 4) is 0 Å². The molecule has 0 aliphatic carbocycles. The van der Waals surface area contributed by atoms with Crippen LogP contribution in [0.4, 0.5) is 0 Å². The predicted octanol–water partition coefficient (Wildman–Crippen LogP) is 2.31. The molecule has 0 amide bonds. The lowest BCUT2D eigenvalue weighted by atomic mass is 10.0. The molecule has 0 spiro atoms. The zero-order valence-corrected chi connectivity index (χ0v) is 10.9. The van der Waals surface area contributed by atoms with E-state index < -0.39 is 0 Å². The maximum Gasteiger partial charge on any atom is 0.0522 e. The van der Waals surface area contributed by atoms with E-state index in [-0.39, 0.29) is 6.04 Å². The fraction of sp³-hybridized carbons (Fsp3) is 0.400. The number of rotatable bonds is 6. The molecule has 3 nitrogen and oxygen atoms in total. The fourth-order valence-electron chi connectivity index (χ4n) is 2.20. The molecule has 18 heavy (non-hydrogen) atoms. The van der Waals surface area contributed by atoms with Crippen LogP contribution in [0.25, 0.3) is 0 Å². The lowest BCUT2D eigenvalue weighted by Crippen LogP contribution is -2.22. The molecule has 2 aromatic rings. The molecule has 3 heteroatoms. The number of nitrogens with two attached hydrogens (primary N) is 1. The molecule has 0 bridgehead atoms. The van der Waals surface area contributed by atoms with Gasteiger partial charge in [-0.05, 0) is 36.8 Å². The zero-order chi connectivity index (χ0) is 12.8. The van der Waals surface area contributed by atoms with Gasteiger partial charge in [0, 0.05) is 19.3 Å². The Labute approximate surface area is 109 Å². The van der Waals surface area contributed by atoms with Crippen molar-refractivity contribution in [2.75, 3.05) is 0 Å². The van der Waals surface area contributed by atoms with Crippen molar-refractivity contribution < 1.29 is 0 Å². The van der Waals surface area contributed by atoms with E-state index in [4.69, 9.17) is 5.73 Å². The van der Waals surface area contributed by atoms with E-state index in [9.17, 15) is 0 Å². The molecular formula is C15H21N3. The van der Waals surface area contributed by atoms with Gasteiger partial charge in [0.15, 0.2) is 0 Å². The molecule has 0 aliphatic heterocycles. The van der Waals surface area contributed by atoms with Gasteiger partial charge in [-0.3, -0.25) is 4.68 Å². The van der Waals surface area contributed by atoms with Crippen molar-refractivity contribution in [1.82, 2.24) is 9.78 Å². The summed E-state index contributed by atoms with van der Waals surface area (Å²) in [5, 5.41) is 4.16. The fourth-order valence-corrected chi connectivity index (χ4v) is 2.20. The van der Waals surface area contributed by atoms with Gasteiger partial charge in [0.2, 0.25) is 0 Å². The Bertz CT molecular complexity index is 462. The van der Waals surface area contributed by atoms with Gasteiger partial charge in [-0.1, -0.05) is 30.3 Å². The number of aromatic nitrogens is 2. The highest BCUT2D eigenvalue weighted by atomic mass is 15.2. The van der Waals surface area contributed by atoms with E-state index in [0.717, 1.165) is 25.7 Å². The maximum absolute atomic E-state index is 6.14. The minimum atomic E-state index is 0.234. The maximum atomic E-state index is 6.14. The van der Waals surface area contributed by atoms with Gasteiger partial charge in [0.25, 0.3) is 0 Å². The van der Waals surface area contributed by atoms with Gasteiger partial charge in [0.05, 0.1) is 6.20 Å². The second kappa shape index (κ2) is 6.36. The molecule has 0 radical (unpaired) electrons. The lowest BCUT2D eigenvalue weighted by Gasteiger charge is -2.10. The van der Waals surface area contributed by atoms with Crippen LogP contribution in [0.5, 0.6) is 0 Å². The van der Waals surface area contributed by atoms with Crippen LogP contribution < -0.4 is 5.73 Å². The van der Waals surface area contributed by atoms with Gasteiger partial charge in [0.1, 0.15) is 0 Å². The predicted molar refractivity (Wildman–Crippen MR) is 74.3 cm³/mol. The topological polar surface area (TPSA) is 43.8 Å². The van der Waals surface area contributed by atoms with Crippen LogP contribution in [-0.2, 0) is 19.9 Å². The third-order valence-corrected chi connectivity index (χ3v) is 3.14. The molecule has 1 unspecified atom stereocenters. The largest absolute Gasteiger partial charge is 0.327 e. The first-order valence-electron chi connectivity index (χ1n) is 6.51. The van der Waals surface area contributed by atoms with Crippen LogP contribution in [0, 0.1) is 0 Å². The summed E-state index contributed by atoms with van der Waals surface area (Å²) in [4.78, 5) is 0. The molecule has 0 aliphatic rings. The molecule has 2 rings (SSSR count). The van der Waals surface area contributed by atoms with Crippen LogP contribution in [0.3, 0.4) is 0 Å². The highest BCUT2D eigenvalue weighted by Gasteiger charge is 2.05. The highest BCUT2D eigenvalue weighted by Crippen LogP contribution is 2.09. The van der Waals surface area contributed by atoms with Crippen LogP contribution in [0.2, 0.25) is 0 Å². The third-order valence-electron chi connectivity index (χ3n) is 3.14. The summed E-state index contributed by atoms with van der Waals surface area (Å²) in [6.45, 7) is 0. The molecule has 0 saturated heterocycles. The Morgan fingerprint density at radius 3 is 2.67 bits per heavy atom. The number of hydrogen-bond acceptors (Lipinski definition) is 2. The van der Waals surface area contributed by atoms with E-state index in [1.807, 2.05) is 24.1 Å². The van der Waals surface area contributed by atoms with Gasteiger partial charge < -0.3 is 5.73 Å². The number of nitrogens with zero attached hydrogens (tertiary/aromatic N) is 2. The molecular weight excluding hydrogens is 222 g/mol. The van der Waals surface area contributed by atoms with Gasteiger partial charge in [-0.25, -0.2) is 0 Å². The van der Waals surface area contributed by atoms with E-state index in [1.165, 1.54) is 11.1 Å². The molecule has 0 saturated carbocycles. The lowest BCUT2D eigenvalue weighted by molar-refractivity contribution is 0.580. The van der Waals surface area contributed by atoms with Crippen LogP contribution >= 0.6 is 0 Å². The average molecular weight is 243 g/mol. The Kier molecular flexibility index (Phi) is 4.53.